The van der Waals surface area contributed by atoms with Gasteiger partial charge in [-0.1, -0.05) is 6.42 Å². The monoisotopic (exact) mass is 457 g/mol. The van der Waals surface area contributed by atoms with Crippen LogP contribution in [0.5, 0.6) is 0 Å². The third-order valence-electron chi connectivity index (χ3n) is 6.43. The Labute approximate surface area is 193 Å². The highest BCUT2D eigenvalue weighted by Gasteiger charge is 2.32. The Morgan fingerprint density at radius 1 is 1.27 bits per heavy atom. The van der Waals surface area contributed by atoms with Gasteiger partial charge in [-0.2, -0.15) is 4.98 Å². The zero-order chi connectivity index (χ0) is 23.4. The van der Waals surface area contributed by atoms with Crippen LogP contribution in [0.3, 0.4) is 0 Å². The Hall–Kier alpha value is -2.98. The molecule has 1 aliphatic heterocycles. The minimum atomic E-state index is -0.568. The number of nitrogens with two attached hydrogens (primary N) is 1. The van der Waals surface area contributed by atoms with Gasteiger partial charge in [0.1, 0.15) is 0 Å². The van der Waals surface area contributed by atoms with Gasteiger partial charge in [0, 0.05) is 56.3 Å². The Kier molecular flexibility index (Phi) is 7.24. The lowest BCUT2D eigenvalue weighted by molar-refractivity contribution is -0.121. The number of carbonyl (C=O) groups excluding carboxylic acids is 1. The Morgan fingerprint density at radius 3 is 2.79 bits per heavy atom. The molecule has 1 saturated carbocycles. The third-order valence-corrected chi connectivity index (χ3v) is 6.43. The van der Waals surface area contributed by atoms with Gasteiger partial charge < -0.3 is 30.9 Å². The maximum Gasteiger partial charge on any atom is 0.229 e. The summed E-state index contributed by atoms with van der Waals surface area (Å²) in [5.41, 5.74) is 8.48. The topological polar surface area (TPSA) is 109 Å². The van der Waals surface area contributed by atoms with Crippen molar-refractivity contribution in [2.45, 2.75) is 31.9 Å². The van der Waals surface area contributed by atoms with Crippen molar-refractivity contribution in [3.05, 3.63) is 35.8 Å². The summed E-state index contributed by atoms with van der Waals surface area (Å²) >= 11 is 0. The molecule has 2 atom stereocenters. The van der Waals surface area contributed by atoms with E-state index in [1.54, 1.807) is 7.11 Å². The second-order valence-electron chi connectivity index (χ2n) is 8.77. The number of carbonyl (C=O) groups is 1. The van der Waals surface area contributed by atoms with Gasteiger partial charge in [0.05, 0.1) is 18.7 Å². The number of nitrogens with one attached hydrogen (secondary N) is 2. The smallest absolute Gasteiger partial charge is 0.229 e. The zero-order valence-electron chi connectivity index (χ0n) is 19.2. The first-order chi connectivity index (χ1) is 15.9. The first-order valence-corrected chi connectivity index (χ1v) is 11.4. The van der Waals surface area contributed by atoms with Gasteiger partial charge in [0.15, 0.2) is 11.6 Å². The average Bonchev–Trinajstić information content (AvgIpc) is 3.26. The van der Waals surface area contributed by atoms with E-state index in [0.29, 0.717) is 13.0 Å². The molecule has 178 valence electrons. The largest absolute Gasteiger partial charge is 0.380 e. The summed E-state index contributed by atoms with van der Waals surface area (Å²) in [5.74, 6) is -0.931. The van der Waals surface area contributed by atoms with Crippen molar-refractivity contribution in [1.82, 2.24) is 14.9 Å². The van der Waals surface area contributed by atoms with Crippen molar-refractivity contribution < 1.29 is 13.9 Å². The number of ether oxygens (including phenoxy) is 1. The number of anilines is 4. The van der Waals surface area contributed by atoms with Crippen molar-refractivity contribution in [2.24, 2.45) is 11.7 Å². The molecule has 0 spiro atoms. The molecule has 2 fully saturated rings. The van der Waals surface area contributed by atoms with Crippen molar-refractivity contribution >= 4 is 29.0 Å². The molecule has 1 saturated heterocycles. The van der Waals surface area contributed by atoms with E-state index in [0.717, 1.165) is 62.2 Å². The summed E-state index contributed by atoms with van der Waals surface area (Å²) in [6, 6.07) is 5.82. The lowest BCUT2D eigenvalue weighted by Gasteiger charge is -2.35. The number of piperazine rings is 1. The molecular weight excluding hydrogens is 425 g/mol. The molecule has 1 amide bonds. The van der Waals surface area contributed by atoms with E-state index in [2.05, 4.69) is 43.5 Å². The number of amides is 1. The van der Waals surface area contributed by atoms with Crippen LogP contribution in [-0.2, 0) is 16.1 Å². The summed E-state index contributed by atoms with van der Waals surface area (Å²) in [7, 11) is 3.81. The van der Waals surface area contributed by atoms with Crippen molar-refractivity contribution in [3.8, 4) is 0 Å². The van der Waals surface area contributed by atoms with Crippen LogP contribution < -0.4 is 21.3 Å². The number of benzene rings is 1. The number of methoxy groups -OCH3 is 1. The van der Waals surface area contributed by atoms with Crippen LogP contribution in [0, 0.1) is 11.7 Å². The van der Waals surface area contributed by atoms with Crippen molar-refractivity contribution in [1.29, 1.82) is 0 Å². The van der Waals surface area contributed by atoms with Crippen molar-refractivity contribution in [2.75, 3.05) is 55.9 Å². The first-order valence-electron chi connectivity index (χ1n) is 11.4. The number of aromatic nitrogens is 2. The molecule has 2 heterocycles. The molecule has 33 heavy (non-hydrogen) atoms. The van der Waals surface area contributed by atoms with Crippen LogP contribution in [0.15, 0.2) is 24.4 Å². The lowest BCUT2D eigenvalue weighted by atomic mass is 10.0. The molecule has 4 N–H and O–H groups in total. The van der Waals surface area contributed by atoms with Crippen LogP contribution in [0.2, 0.25) is 0 Å². The molecule has 1 aromatic heterocycles. The number of likely N-dealkylation sites (N-methyl/N-ethyl adjacent to an activating group) is 1. The van der Waals surface area contributed by atoms with Gasteiger partial charge in [0.2, 0.25) is 11.9 Å². The first kappa shape index (κ1) is 23.2. The van der Waals surface area contributed by atoms with Gasteiger partial charge >= 0.3 is 0 Å². The summed E-state index contributed by atoms with van der Waals surface area (Å²) in [5, 5.41) is 6.22. The van der Waals surface area contributed by atoms with Crippen LogP contribution in [0.4, 0.5) is 27.5 Å². The standard InChI is InChI=1S/C23H32FN7O2/c1-30-8-10-31(11-9-30)20-7-6-16(12-15(20)14-33-2)27-23-26-13-18(24)22(29-23)28-19-5-3-4-17(19)21(25)32/h6-7,12-13,17,19H,3-5,8-11,14H2,1-2H3,(H2,25,32)(H2,26,27,28,29)/t17-,19?/m0/s1. The maximum absolute atomic E-state index is 14.4. The van der Waals surface area contributed by atoms with Crippen LogP contribution in [-0.4, -0.2) is 67.2 Å². The minimum Gasteiger partial charge on any atom is -0.380 e. The summed E-state index contributed by atoms with van der Waals surface area (Å²) in [4.78, 5) is 24.7. The molecule has 1 aliphatic carbocycles. The van der Waals surface area contributed by atoms with E-state index >= 15 is 0 Å². The Morgan fingerprint density at radius 2 is 2.06 bits per heavy atom. The predicted octanol–water partition coefficient (Wildman–Crippen LogP) is 2.32. The summed E-state index contributed by atoms with van der Waals surface area (Å²) < 4.78 is 19.8. The molecular formula is C23H32FN7O2. The molecule has 2 aromatic rings. The van der Waals surface area contributed by atoms with E-state index in [1.807, 2.05) is 12.1 Å². The fraction of sp³-hybridized carbons (Fsp3) is 0.522. The highest BCUT2D eigenvalue weighted by Crippen LogP contribution is 2.30. The third kappa shape index (κ3) is 5.51. The number of hydrogen-bond acceptors (Lipinski definition) is 8. The van der Waals surface area contributed by atoms with Gasteiger partial charge in [-0.05, 0) is 38.1 Å². The summed E-state index contributed by atoms with van der Waals surface area (Å²) in [6.07, 6.45) is 3.44. The van der Waals surface area contributed by atoms with Gasteiger partial charge in [-0.25, -0.2) is 9.37 Å². The van der Waals surface area contributed by atoms with E-state index in [4.69, 9.17) is 10.5 Å². The predicted molar refractivity (Wildman–Crippen MR) is 126 cm³/mol. The number of nitrogens with zero attached hydrogens (tertiary/aromatic N) is 4. The second-order valence-corrected chi connectivity index (χ2v) is 8.77. The maximum atomic E-state index is 14.4. The molecule has 0 bridgehead atoms. The highest BCUT2D eigenvalue weighted by molar-refractivity contribution is 5.78. The zero-order valence-corrected chi connectivity index (χ0v) is 19.2. The molecule has 10 heteroatoms. The number of rotatable bonds is 8. The fourth-order valence-corrected chi connectivity index (χ4v) is 4.60. The molecule has 4 rings (SSSR count). The molecule has 1 aromatic carbocycles. The Balaban J connectivity index is 1.50. The van der Waals surface area contributed by atoms with Crippen LogP contribution in [0.1, 0.15) is 24.8 Å². The molecule has 0 radical (unpaired) electrons. The minimum absolute atomic E-state index is 0.0665. The van der Waals surface area contributed by atoms with Gasteiger partial charge in [-0.15, -0.1) is 0 Å². The summed E-state index contributed by atoms with van der Waals surface area (Å²) in [6.45, 7) is 4.43. The molecule has 1 unspecified atom stereocenters. The van der Waals surface area contributed by atoms with E-state index in [1.165, 1.54) is 0 Å². The van der Waals surface area contributed by atoms with Gasteiger partial charge in [-0.3, -0.25) is 4.79 Å². The SMILES string of the molecule is COCc1cc(Nc2ncc(F)c(NC3CCC[C@@H]3C(N)=O)n2)ccc1N1CCN(C)CC1. The van der Waals surface area contributed by atoms with E-state index in [-0.39, 0.29) is 29.6 Å². The fourth-order valence-electron chi connectivity index (χ4n) is 4.60. The lowest BCUT2D eigenvalue weighted by Crippen LogP contribution is -2.44. The van der Waals surface area contributed by atoms with Crippen LogP contribution >= 0.6 is 0 Å². The van der Waals surface area contributed by atoms with E-state index < -0.39 is 5.82 Å². The quantitative estimate of drug-likeness (QED) is 0.554. The normalized spacial score (nSPS) is 21.2. The highest BCUT2D eigenvalue weighted by atomic mass is 19.1. The molecule has 2 aliphatic rings. The second kappa shape index (κ2) is 10.3. The Bertz CT molecular complexity index is 981. The average molecular weight is 458 g/mol. The van der Waals surface area contributed by atoms with E-state index in [9.17, 15) is 9.18 Å². The number of primary amides is 1. The van der Waals surface area contributed by atoms with Crippen molar-refractivity contribution in [3.63, 3.8) is 0 Å². The van der Waals surface area contributed by atoms with Gasteiger partial charge in [0.25, 0.3) is 0 Å². The molecule has 9 nitrogen and oxygen atoms in total. The number of hydrogen-bond donors (Lipinski definition) is 3. The van der Waals surface area contributed by atoms with Crippen LogP contribution in [0.25, 0.3) is 0 Å². The number of halogens is 1.